The molecule has 0 aliphatic heterocycles. The fourth-order valence-electron chi connectivity index (χ4n) is 1.87. The van der Waals surface area contributed by atoms with Gasteiger partial charge in [0.25, 0.3) is 0 Å². The first-order chi connectivity index (χ1) is 10.6. The number of hydrogen-bond acceptors (Lipinski definition) is 3. The van der Waals surface area contributed by atoms with Crippen molar-refractivity contribution < 1.29 is 13.6 Å². The summed E-state index contributed by atoms with van der Waals surface area (Å²) in [7, 11) is 0. The molecular formula is C15H14F2N4O. The predicted octanol–water partition coefficient (Wildman–Crippen LogP) is 3.39. The van der Waals surface area contributed by atoms with E-state index in [9.17, 15) is 13.6 Å². The number of rotatable bonds is 4. The first-order valence-corrected chi connectivity index (χ1v) is 6.86. The Hall–Kier alpha value is -2.70. The van der Waals surface area contributed by atoms with Gasteiger partial charge in [-0.25, -0.2) is 18.6 Å². The molecule has 0 atom stereocenters. The molecule has 1 heterocycles. The lowest BCUT2D eigenvalue weighted by atomic mass is 10.3. The van der Waals surface area contributed by atoms with Gasteiger partial charge >= 0.3 is 6.03 Å². The van der Waals surface area contributed by atoms with Crippen LogP contribution in [0.25, 0.3) is 0 Å². The summed E-state index contributed by atoms with van der Waals surface area (Å²) in [5.41, 5.74) is 0.236. The molecule has 1 aromatic carbocycles. The third kappa shape index (κ3) is 3.49. The molecule has 3 rings (SSSR count). The predicted molar refractivity (Wildman–Crippen MR) is 79.1 cm³/mol. The smallest absolute Gasteiger partial charge is 0.319 e. The average Bonchev–Trinajstić information content (AvgIpc) is 3.29. The summed E-state index contributed by atoms with van der Waals surface area (Å²) in [6.45, 7) is 0. The van der Waals surface area contributed by atoms with Crippen molar-refractivity contribution in [3.63, 3.8) is 0 Å². The lowest BCUT2D eigenvalue weighted by Gasteiger charge is -2.09. The van der Waals surface area contributed by atoms with Crippen LogP contribution < -0.4 is 16.0 Å². The SMILES string of the molecule is O=C(Nc1ccc(Nc2c(F)cccc2F)nc1)NC1CC1. The van der Waals surface area contributed by atoms with E-state index in [0.29, 0.717) is 5.69 Å². The minimum Gasteiger partial charge on any atom is -0.335 e. The van der Waals surface area contributed by atoms with Crippen LogP contribution in [0.5, 0.6) is 0 Å². The molecule has 1 fully saturated rings. The number of benzene rings is 1. The summed E-state index contributed by atoms with van der Waals surface area (Å²) < 4.78 is 27.0. The number of carbonyl (C=O) groups is 1. The van der Waals surface area contributed by atoms with Crippen LogP contribution in [0.1, 0.15) is 12.8 Å². The van der Waals surface area contributed by atoms with Crippen molar-refractivity contribution in [1.29, 1.82) is 0 Å². The Bertz CT molecular complexity index is 666. The van der Waals surface area contributed by atoms with E-state index < -0.39 is 11.6 Å². The summed E-state index contributed by atoms with van der Waals surface area (Å²) in [5, 5.41) is 7.99. The molecule has 114 valence electrons. The van der Waals surface area contributed by atoms with E-state index in [-0.39, 0.29) is 23.6 Å². The topological polar surface area (TPSA) is 66.0 Å². The molecule has 5 nitrogen and oxygen atoms in total. The fraction of sp³-hybridized carbons (Fsp3) is 0.200. The number of anilines is 3. The zero-order chi connectivity index (χ0) is 15.5. The van der Waals surface area contributed by atoms with Crippen LogP contribution in [-0.4, -0.2) is 17.1 Å². The minimum absolute atomic E-state index is 0.262. The molecule has 1 aliphatic rings. The number of urea groups is 1. The van der Waals surface area contributed by atoms with E-state index in [1.54, 1.807) is 6.07 Å². The summed E-state index contributed by atoms with van der Waals surface area (Å²) in [6.07, 6.45) is 3.42. The van der Waals surface area contributed by atoms with Gasteiger partial charge in [0, 0.05) is 6.04 Å². The standard InChI is InChI=1S/C15H14F2N4O/c16-11-2-1-3-12(17)14(11)21-13-7-6-10(8-18-13)20-15(22)19-9-4-5-9/h1-3,6-9H,4-5H2,(H,18,21)(H2,19,20,22). The first-order valence-electron chi connectivity index (χ1n) is 6.86. The van der Waals surface area contributed by atoms with Crippen molar-refractivity contribution >= 4 is 23.2 Å². The van der Waals surface area contributed by atoms with Crippen LogP contribution in [0.15, 0.2) is 36.5 Å². The van der Waals surface area contributed by atoms with Gasteiger partial charge in [-0.1, -0.05) is 6.07 Å². The Morgan fingerprint density at radius 1 is 1.14 bits per heavy atom. The lowest BCUT2D eigenvalue weighted by molar-refractivity contribution is 0.251. The van der Waals surface area contributed by atoms with Gasteiger partial charge in [0.05, 0.1) is 11.9 Å². The molecule has 2 amide bonds. The van der Waals surface area contributed by atoms with Crippen molar-refractivity contribution in [1.82, 2.24) is 10.3 Å². The number of amides is 2. The van der Waals surface area contributed by atoms with Gasteiger partial charge in [-0.2, -0.15) is 0 Å². The van der Waals surface area contributed by atoms with E-state index in [1.807, 2.05) is 0 Å². The second kappa shape index (κ2) is 5.97. The van der Waals surface area contributed by atoms with Crippen LogP contribution in [0.4, 0.5) is 30.8 Å². The monoisotopic (exact) mass is 304 g/mol. The van der Waals surface area contributed by atoms with Gasteiger partial charge in [0.1, 0.15) is 23.1 Å². The van der Waals surface area contributed by atoms with Crippen molar-refractivity contribution in [2.75, 3.05) is 10.6 Å². The molecule has 22 heavy (non-hydrogen) atoms. The number of hydrogen-bond donors (Lipinski definition) is 3. The van der Waals surface area contributed by atoms with E-state index in [2.05, 4.69) is 20.9 Å². The first kappa shape index (κ1) is 14.2. The van der Waals surface area contributed by atoms with Crippen molar-refractivity contribution in [3.8, 4) is 0 Å². The second-order valence-electron chi connectivity index (χ2n) is 5.03. The number of nitrogens with one attached hydrogen (secondary N) is 3. The molecule has 7 heteroatoms. The minimum atomic E-state index is -0.701. The van der Waals surface area contributed by atoms with Crippen LogP contribution in [0.2, 0.25) is 0 Å². The van der Waals surface area contributed by atoms with Gasteiger partial charge in [-0.05, 0) is 37.1 Å². The van der Waals surface area contributed by atoms with Crippen molar-refractivity contribution in [2.45, 2.75) is 18.9 Å². The van der Waals surface area contributed by atoms with Gasteiger partial charge in [0.15, 0.2) is 0 Å². The Labute approximate surface area is 125 Å². The third-order valence-electron chi connectivity index (χ3n) is 3.15. The highest BCUT2D eigenvalue weighted by Gasteiger charge is 2.23. The normalized spacial score (nSPS) is 13.5. The summed E-state index contributed by atoms with van der Waals surface area (Å²) >= 11 is 0. The zero-order valence-corrected chi connectivity index (χ0v) is 11.6. The highest BCUT2D eigenvalue weighted by Crippen LogP contribution is 2.23. The van der Waals surface area contributed by atoms with Gasteiger partial charge < -0.3 is 16.0 Å². The van der Waals surface area contributed by atoms with E-state index >= 15 is 0 Å². The summed E-state index contributed by atoms with van der Waals surface area (Å²) in [6, 6.07) is 6.70. The number of carbonyl (C=O) groups excluding carboxylic acids is 1. The molecular weight excluding hydrogens is 290 g/mol. The number of aromatic nitrogens is 1. The Balaban J connectivity index is 1.64. The van der Waals surface area contributed by atoms with Gasteiger partial charge in [-0.3, -0.25) is 0 Å². The second-order valence-corrected chi connectivity index (χ2v) is 5.03. The van der Waals surface area contributed by atoms with E-state index in [1.165, 1.54) is 18.3 Å². The van der Waals surface area contributed by atoms with Crippen LogP contribution in [0, 0.1) is 11.6 Å². The maximum Gasteiger partial charge on any atom is 0.319 e. The molecule has 1 aliphatic carbocycles. The quantitative estimate of drug-likeness (QED) is 0.811. The van der Waals surface area contributed by atoms with Crippen LogP contribution in [-0.2, 0) is 0 Å². The highest BCUT2D eigenvalue weighted by molar-refractivity contribution is 5.89. The molecule has 0 bridgehead atoms. The van der Waals surface area contributed by atoms with Crippen molar-refractivity contribution in [2.24, 2.45) is 0 Å². The molecule has 1 aromatic heterocycles. The largest absolute Gasteiger partial charge is 0.335 e. The fourth-order valence-corrected chi connectivity index (χ4v) is 1.87. The number of nitrogens with zero attached hydrogens (tertiary/aromatic N) is 1. The van der Waals surface area contributed by atoms with E-state index in [0.717, 1.165) is 25.0 Å². The van der Waals surface area contributed by atoms with Crippen LogP contribution >= 0.6 is 0 Å². The Morgan fingerprint density at radius 2 is 1.86 bits per heavy atom. The van der Waals surface area contributed by atoms with Crippen molar-refractivity contribution in [3.05, 3.63) is 48.2 Å². The maximum absolute atomic E-state index is 13.5. The molecule has 2 aromatic rings. The molecule has 3 N–H and O–H groups in total. The number of pyridine rings is 1. The maximum atomic E-state index is 13.5. The third-order valence-corrected chi connectivity index (χ3v) is 3.15. The molecule has 0 saturated heterocycles. The Kier molecular flexibility index (Phi) is 3.86. The molecule has 0 spiro atoms. The Morgan fingerprint density at radius 3 is 2.45 bits per heavy atom. The summed E-state index contributed by atoms with van der Waals surface area (Å²) in [4.78, 5) is 15.6. The summed E-state index contributed by atoms with van der Waals surface area (Å²) in [5.74, 6) is -1.13. The number of para-hydroxylation sites is 1. The average molecular weight is 304 g/mol. The number of halogens is 2. The van der Waals surface area contributed by atoms with Crippen LogP contribution in [0.3, 0.4) is 0 Å². The highest BCUT2D eigenvalue weighted by atomic mass is 19.1. The molecule has 1 saturated carbocycles. The van der Waals surface area contributed by atoms with Gasteiger partial charge in [-0.15, -0.1) is 0 Å². The molecule has 0 unspecified atom stereocenters. The van der Waals surface area contributed by atoms with Gasteiger partial charge in [0.2, 0.25) is 0 Å². The lowest BCUT2D eigenvalue weighted by Crippen LogP contribution is -2.30. The zero-order valence-electron chi connectivity index (χ0n) is 11.6. The molecule has 0 radical (unpaired) electrons. The van der Waals surface area contributed by atoms with E-state index in [4.69, 9.17) is 0 Å².